The van der Waals surface area contributed by atoms with Crippen LogP contribution in [0.1, 0.15) is 34.9 Å². The lowest BCUT2D eigenvalue weighted by molar-refractivity contribution is 0.0596. The number of ether oxygens (including phenoxy) is 1. The van der Waals surface area contributed by atoms with Crippen molar-refractivity contribution in [2.24, 2.45) is 0 Å². The van der Waals surface area contributed by atoms with Crippen molar-refractivity contribution in [3.05, 3.63) is 59.9 Å². The second-order valence-electron chi connectivity index (χ2n) is 5.52. The number of hydrogen-bond donors (Lipinski definition) is 0. The fourth-order valence-electron chi connectivity index (χ4n) is 2.99. The predicted octanol–water partition coefficient (Wildman–Crippen LogP) is 2.39. The van der Waals surface area contributed by atoms with Gasteiger partial charge in [0.05, 0.1) is 29.3 Å². The zero-order valence-corrected chi connectivity index (χ0v) is 14.1. The van der Waals surface area contributed by atoms with Gasteiger partial charge in [-0.15, -0.1) is 0 Å². The van der Waals surface area contributed by atoms with E-state index in [0.29, 0.717) is 18.7 Å². The first-order valence-electron chi connectivity index (χ1n) is 7.66. The predicted molar refractivity (Wildman–Crippen MR) is 87.9 cm³/mol. The van der Waals surface area contributed by atoms with Crippen LogP contribution in [0.3, 0.4) is 0 Å². The van der Waals surface area contributed by atoms with Crippen LogP contribution in [0, 0.1) is 0 Å². The Bertz CT molecular complexity index is 837. The van der Waals surface area contributed by atoms with E-state index in [1.165, 1.54) is 23.5 Å². The molecule has 0 spiro atoms. The Kier molecular flexibility index (Phi) is 4.64. The van der Waals surface area contributed by atoms with Gasteiger partial charge in [-0.2, -0.15) is 4.31 Å². The van der Waals surface area contributed by atoms with E-state index < -0.39 is 16.0 Å². The van der Waals surface area contributed by atoms with Gasteiger partial charge in [-0.05, 0) is 37.1 Å². The third-order valence-electron chi connectivity index (χ3n) is 4.11. The van der Waals surface area contributed by atoms with Gasteiger partial charge in [-0.25, -0.2) is 13.2 Å². The van der Waals surface area contributed by atoms with Gasteiger partial charge in [0.25, 0.3) is 0 Å². The van der Waals surface area contributed by atoms with Crippen molar-refractivity contribution in [3.63, 3.8) is 0 Å². The Balaban J connectivity index is 2.04. The number of aromatic nitrogens is 1. The third-order valence-corrected chi connectivity index (χ3v) is 6.08. The summed E-state index contributed by atoms with van der Waals surface area (Å²) in [4.78, 5) is 16.2. The first-order valence-corrected chi connectivity index (χ1v) is 9.10. The molecule has 1 aromatic carbocycles. The first-order chi connectivity index (χ1) is 11.6. The van der Waals surface area contributed by atoms with Gasteiger partial charge in [0.2, 0.25) is 10.0 Å². The maximum Gasteiger partial charge on any atom is 0.339 e. The smallest absolute Gasteiger partial charge is 0.339 e. The minimum atomic E-state index is -3.83. The molecule has 1 aliphatic rings. The number of carbonyl (C=O) groups is 1. The highest BCUT2D eigenvalue weighted by molar-refractivity contribution is 7.89. The summed E-state index contributed by atoms with van der Waals surface area (Å²) in [5.74, 6) is -0.664. The molecule has 0 bridgehead atoms. The quantitative estimate of drug-likeness (QED) is 0.795. The highest BCUT2D eigenvalue weighted by atomic mass is 32.2. The van der Waals surface area contributed by atoms with E-state index >= 15 is 0 Å². The Morgan fingerprint density at radius 1 is 1.21 bits per heavy atom. The molecule has 6 nitrogen and oxygen atoms in total. The number of esters is 1. The molecule has 1 aliphatic heterocycles. The molecule has 1 unspecified atom stereocenters. The van der Waals surface area contributed by atoms with E-state index in [4.69, 9.17) is 4.74 Å². The number of hydrogen-bond acceptors (Lipinski definition) is 5. The van der Waals surface area contributed by atoms with Crippen LogP contribution in [-0.4, -0.2) is 37.3 Å². The van der Waals surface area contributed by atoms with Crippen LogP contribution in [-0.2, 0) is 14.8 Å². The molecule has 0 aliphatic carbocycles. The van der Waals surface area contributed by atoms with Crippen LogP contribution >= 0.6 is 0 Å². The van der Waals surface area contributed by atoms with Gasteiger partial charge < -0.3 is 4.74 Å². The van der Waals surface area contributed by atoms with Crippen LogP contribution in [0.15, 0.2) is 53.6 Å². The van der Waals surface area contributed by atoms with Gasteiger partial charge in [0, 0.05) is 12.7 Å². The first kappa shape index (κ1) is 16.6. The van der Waals surface area contributed by atoms with Crippen molar-refractivity contribution in [2.45, 2.75) is 23.8 Å². The van der Waals surface area contributed by atoms with Crippen LogP contribution in [0.4, 0.5) is 0 Å². The summed E-state index contributed by atoms with van der Waals surface area (Å²) < 4.78 is 32.4. The maximum absolute atomic E-state index is 13.1. The molecular formula is C17H18N2O4S. The van der Waals surface area contributed by atoms with Crippen molar-refractivity contribution in [2.75, 3.05) is 13.7 Å². The summed E-state index contributed by atoms with van der Waals surface area (Å²) in [6.07, 6.45) is 3.11. The molecule has 1 atom stereocenters. The van der Waals surface area contributed by atoms with E-state index in [2.05, 4.69) is 4.98 Å². The number of carbonyl (C=O) groups excluding carboxylic acids is 1. The number of sulfonamides is 1. The van der Waals surface area contributed by atoms with Crippen LogP contribution in [0.2, 0.25) is 0 Å². The number of methoxy groups -OCH3 is 1. The highest BCUT2D eigenvalue weighted by Gasteiger charge is 2.38. The Morgan fingerprint density at radius 2 is 1.96 bits per heavy atom. The van der Waals surface area contributed by atoms with Crippen LogP contribution in [0.5, 0.6) is 0 Å². The van der Waals surface area contributed by atoms with E-state index in [9.17, 15) is 13.2 Å². The third kappa shape index (κ3) is 2.92. The highest BCUT2D eigenvalue weighted by Crippen LogP contribution is 2.36. The molecule has 0 N–H and O–H groups in total. The molecule has 0 amide bonds. The lowest BCUT2D eigenvalue weighted by Gasteiger charge is -2.24. The van der Waals surface area contributed by atoms with Gasteiger partial charge in [-0.3, -0.25) is 4.98 Å². The lowest BCUT2D eigenvalue weighted by atomic mass is 10.1. The van der Waals surface area contributed by atoms with Crippen molar-refractivity contribution in [3.8, 4) is 0 Å². The fraction of sp³-hybridized carbons (Fsp3) is 0.294. The molecule has 126 valence electrons. The normalized spacial score (nSPS) is 18.5. The van der Waals surface area contributed by atoms with Crippen molar-refractivity contribution >= 4 is 16.0 Å². The topological polar surface area (TPSA) is 76.6 Å². The molecule has 0 radical (unpaired) electrons. The molecule has 2 aromatic rings. The lowest BCUT2D eigenvalue weighted by Crippen LogP contribution is -2.32. The second-order valence-corrected chi connectivity index (χ2v) is 7.38. The molecule has 1 saturated heterocycles. The molecule has 7 heteroatoms. The van der Waals surface area contributed by atoms with Crippen LogP contribution in [0.25, 0.3) is 0 Å². The Hall–Kier alpha value is -2.25. The Labute approximate surface area is 141 Å². The molecular weight excluding hydrogens is 328 g/mol. The Morgan fingerprint density at radius 3 is 2.67 bits per heavy atom. The minimum absolute atomic E-state index is 0.0281. The molecule has 2 heterocycles. The van der Waals surface area contributed by atoms with Gasteiger partial charge in [0.1, 0.15) is 0 Å². The molecule has 1 fully saturated rings. The van der Waals surface area contributed by atoms with Crippen molar-refractivity contribution in [1.29, 1.82) is 0 Å². The zero-order valence-electron chi connectivity index (χ0n) is 13.3. The van der Waals surface area contributed by atoms with E-state index in [-0.39, 0.29) is 16.5 Å². The van der Waals surface area contributed by atoms with E-state index in [0.717, 1.165) is 6.42 Å². The summed E-state index contributed by atoms with van der Waals surface area (Å²) in [7, 11) is -2.59. The van der Waals surface area contributed by atoms with Gasteiger partial charge >= 0.3 is 5.97 Å². The summed E-state index contributed by atoms with van der Waals surface area (Å²) in [5, 5.41) is 0. The van der Waals surface area contributed by atoms with Gasteiger partial charge in [0.15, 0.2) is 0 Å². The number of pyridine rings is 1. The summed E-state index contributed by atoms with van der Waals surface area (Å²) in [5.41, 5.74) is 0.765. The summed E-state index contributed by atoms with van der Waals surface area (Å²) in [6, 6.07) is 11.3. The maximum atomic E-state index is 13.1. The minimum Gasteiger partial charge on any atom is -0.465 e. The zero-order chi connectivity index (χ0) is 17.2. The molecule has 1 aromatic heterocycles. The monoisotopic (exact) mass is 346 g/mol. The van der Waals surface area contributed by atoms with Crippen molar-refractivity contribution < 1.29 is 17.9 Å². The molecule has 24 heavy (non-hydrogen) atoms. The molecule has 0 saturated carbocycles. The average Bonchev–Trinajstić information content (AvgIpc) is 3.12. The van der Waals surface area contributed by atoms with E-state index in [1.807, 2.05) is 12.1 Å². The summed E-state index contributed by atoms with van der Waals surface area (Å²) in [6.45, 7) is 0.402. The van der Waals surface area contributed by atoms with Crippen molar-refractivity contribution in [1.82, 2.24) is 9.29 Å². The second kappa shape index (κ2) is 6.70. The van der Waals surface area contributed by atoms with Gasteiger partial charge in [-0.1, -0.05) is 18.2 Å². The number of rotatable bonds is 4. The standard InChI is InChI=1S/C17H18N2O4S/c1-23-17(20)13-7-2-3-10-16(13)24(21,22)19-12-6-9-15(19)14-8-4-5-11-18-14/h2-5,7-8,10-11,15H,6,9,12H2,1H3. The average molecular weight is 346 g/mol. The number of benzene rings is 1. The summed E-state index contributed by atoms with van der Waals surface area (Å²) >= 11 is 0. The van der Waals surface area contributed by atoms with Crippen LogP contribution < -0.4 is 0 Å². The van der Waals surface area contributed by atoms with E-state index in [1.54, 1.807) is 24.4 Å². The largest absolute Gasteiger partial charge is 0.465 e. The number of nitrogens with zero attached hydrogens (tertiary/aromatic N) is 2. The fourth-order valence-corrected chi connectivity index (χ4v) is 4.84. The molecule has 3 rings (SSSR count). The SMILES string of the molecule is COC(=O)c1ccccc1S(=O)(=O)N1CCCC1c1ccccn1.